The molecule has 0 unspecified atom stereocenters. The fraction of sp³-hybridized carbons (Fsp3) is 0.154. The molecule has 0 bridgehead atoms. The summed E-state index contributed by atoms with van der Waals surface area (Å²) in [4.78, 5) is 12.1. The van der Waals surface area contributed by atoms with Crippen LogP contribution in [0.5, 0.6) is 0 Å². The molecule has 0 aliphatic rings. The molecule has 2 rings (SSSR count). The number of methoxy groups -OCH3 is 1. The lowest BCUT2D eigenvalue weighted by molar-refractivity contribution is 0.0605. The Bertz CT molecular complexity index is 745. The molecule has 0 saturated heterocycles. The van der Waals surface area contributed by atoms with E-state index < -0.39 is 15.8 Å². The SMILES string of the molecule is COC(=O)c1scc(S(=O)(=O)c2ccc(Cl)cc2)c1C. The van der Waals surface area contributed by atoms with Crippen LogP contribution in [0.4, 0.5) is 0 Å². The van der Waals surface area contributed by atoms with Crippen molar-refractivity contribution in [1.82, 2.24) is 0 Å². The second-order valence-corrected chi connectivity index (χ2v) is 7.24. The van der Waals surface area contributed by atoms with Gasteiger partial charge in [0.1, 0.15) is 4.88 Å². The van der Waals surface area contributed by atoms with Crippen LogP contribution in [0.15, 0.2) is 39.4 Å². The summed E-state index contributed by atoms with van der Waals surface area (Å²) in [6, 6.07) is 5.90. The van der Waals surface area contributed by atoms with Gasteiger partial charge in [-0.2, -0.15) is 0 Å². The molecule has 0 atom stereocenters. The normalized spacial score (nSPS) is 11.3. The molecular formula is C13H11ClO4S2. The highest BCUT2D eigenvalue weighted by molar-refractivity contribution is 7.91. The Morgan fingerprint density at radius 2 is 1.85 bits per heavy atom. The van der Waals surface area contributed by atoms with Gasteiger partial charge in [0.15, 0.2) is 0 Å². The minimum Gasteiger partial charge on any atom is -0.465 e. The topological polar surface area (TPSA) is 60.4 Å². The van der Waals surface area contributed by atoms with Gasteiger partial charge in [0, 0.05) is 10.4 Å². The van der Waals surface area contributed by atoms with Gasteiger partial charge in [-0.25, -0.2) is 13.2 Å². The molecule has 106 valence electrons. The quantitative estimate of drug-likeness (QED) is 0.810. The van der Waals surface area contributed by atoms with E-state index in [1.807, 2.05) is 0 Å². The van der Waals surface area contributed by atoms with E-state index in [1.165, 1.54) is 36.8 Å². The van der Waals surface area contributed by atoms with E-state index in [4.69, 9.17) is 11.6 Å². The number of carbonyl (C=O) groups excluding carboxylic acids is 1. The summed E-state index contributed by atoms with van der Waals surface area (Å²) < 4.78 is 29.6. The monoisotopic (exact) mass is 330 g/mol. The van der Waals surface area contributed by atoms with Gasteiger partial charge in [0.25, 0.3) is 0 Å². The molecule has 7 heteroatoms. The summed E-state index contributed by atoms with van der Waals surface area (Å²) in [6.45, 7) is 1.59. The predicted octanol–water partition coefficient (Wildman–Crippen LogP) is 3.33. The summed E-state index contributed by atoms with van der Waals surface area (Å²) in [5, 5.41) is 1.91. The van der Waals surface area contributed by atoms with E-state index in [2.05, 4.69) is 4.74 Å². The lowest BCUT2D eigenvalue weighted by Gasteiger charge is -2.04. The van der Waals surface area contributed by atoms with E-state index in [0.29, 0.717) is 15.5 Å². The van der Waals surface area contributed by atoms with Crippen LogP contribution < -0.4 is 0 Å². The number of benzene rings is 1. The van der Waals surface area contributed by atoms with Crippen molar-refractivity contribution in [1.29, 1.82) is 0 Å². The first-order valence-electron chi connectivity index (χ1n) is 5.55. The van der Waals surface area contributed by atoms with Crippen LogP contribution in [0.25, 0.3) is 0 Å². The zero-order valence-electron chi connectivity index (χ0n) is 10.7. The average Bonchev–Trinajstić information content (AvgIpc) is 2.81. The molecule has 0 radical (unpaired) electrons. The van der Waals surface area contributed by atoms with Crippen LogP contribution in [-0.4, -0.2) is 21.5 Å². The van der Waals surface area contributed by atoms with Crippen LogP contribution in [0.3, 0.4) is 0 Å². The summed E-state index contributed by atoms with van der Waals surface area (Å²) in [7, 11) is -2.40. The number of thiophene rings is 1. The first-order chi connectivity index (χ1) is 9.37. The molecule has 0 fully saturated rings. The van der Waals surface area contributed by atoms with Gasteiger partial charge in [-0.1, -0.05) is 11.6 Å². The predicted molar refractivity (Wildman–Crippen MR) is 77.3 cm³/mol. The van der Waals surface area contributed by atoms with Crippen LogP contribution in [0, 0.1) is 6.92 Å². The van der Waals surface area contributed by atoms with Crippen molar-refractivity contribution in [2.24, 2.45) is 0 Å². The third-order valence-corrected chi connectivity index (χ3v) is 6.14. The molecule has 1 heterocycles. The summed E-state index contributed by atoms with van der Waals surface area (Å²) in [5.41, 5.74) is 0.400. The van der Waals surface area contributed by atoms with Crippen LogP contribution >= 0.6 is 22.9 Å². The number of ether oxygens (including phenoxy) is 1. The highest BCUT2D eigenvalue weighted by Gasteiger charge is 2.25. The maximum atomic E-state index is 12.5. The summed E-state index contributed by atoms with van der Waals surface area (Å²) in [6.07, 6.45) is 0. The van der Waals surface area contributed by atoms with E-state index in [1.54, 1.807) is 6.92 Å². The Balaban J connectivity index is 2.53. The Morgan fingerprint density at radius 1 is 1.25 bits per heavy atom. The molecular weight excluding hydrogens is 320 g/mol. The summed E-state index contributed by atoms with van der Waals surface area (Å²) in [5.74, 6) is -0.537. The van der Waals surface area contributed by atoms with Crippen molar-refractivity contribution in [3.63, 3.8) is 0 Å². The first kappa shape index (κ1) is 15.0. The van der Waals surface area contributed by atoms with Crippen molar-refractivity contribution in [3.05, 3.63) is 45.1 Å². The molecule has 0 spiro atoms. The molecule has 1 aromatic carbocycles. The molecule has 0 saturated carbocycles. The molecule has 2 aromatic rings. The number of sulfone groups is 1. The minimum absolute atomic E-state index is 0.116. The summed E-state index contributed by atoms with van der Waals surface area (Å²) >= 11 is 6.80. The first-order valence-corrected chi connectivity index (χ1v) is 8.29. The highest BCUT2D eigenvalue weighted by Crippen LogP contribution is 2.31. The standard InChI is InChI=1S/C13H11ClO4S2/c1-8-11(7-19-12(8)13(15)18-2)20(16,17)10-5-3-9(14)4-6-10/h3-7H,1-2H3. The van der Waals surface area contributed by atoms with E-state index in [9.17, 15) is 13.2 Å². The van der Waals surface area contributed by atoms with Crippen molar-refractivity contribution in [2.75, 3.05) is 7.11 Å². The van der Waals surface area contributed by atoms with Gasteiger partial charge in [-0.05, 0) is 36.8 Å². The zero-order valence-corrected chi connectivity index (χ0v) is 13.1. The second kappa shape index (κ2) is 5.55. The Labute approximate surface area is 125 Å². The zero-order chi connectivity index (χ0) is 14.9. The van der Waals surface area contributed by atoms with Crippen LogP contribution in [0.1, 0.15) is 15.2 Å². The van der Waals surface area contributed by atoms with E-state index >= 15 is 0 Å². The van der Waals surface area contributed by atoms with Crippen LogP contribution in [0.2, 0.25) is 5.02 Å². The average molecular weight is 331 g/mol. The van der Waals surface area contributed by atoms with E-state index in [0.717, 1.165) is 11.3 Å². The van der Waals surface area contributed by atoms with Crippen molar-refractivity contribution in [2.45, 2.75) is 16.7 Å². The fourth-order valence-corrected chi connectivity index (χ4v) is 4.66. The Morgan fingerprint density at radius 3 is 2.40 bits per heavy atom. The van der Waals surface area contributed by atoms with Crippen molar-refractivity contribution < 1.29 is 17.9 Å². The van der Waals surface area contributed by atoms with Gasteiger partial charge in [-0.3, -0.25) is 0 Å². The third-order valence-electron chi connectivity index (χ3n) is 2.78. The van der Waals surface area contributed by atoms with E-state index in [-0.39, 0.29) is 9.79 Å². The Hall–Kier alpha value is -1.37. The molecule has 0 aliphatic carbocycles. The molecule has 0 N–H and O–H groups in total. The number of carbonyl (C=O) groups is 1. The van der Waals surface area contributed by atoms with Crippen molar-refractivity contribution in [3.8, 4) is 0 Å². The van der Waals surface area contributed by atoms with Crippen molar-refractivity contribution >= 4 is 38.7 Å². The lowest BCUT2D eigenvalue weighted by Crippen LogP contribution is -2.05. The molecule has 4 nitrogen and oxygen atoms in total. The molecule has 1 aromatic heterocycles. The lowest BCUT2D eigenvalue weighted by atomic mass is 10.3. The number of hydrogen-bond donors (Lipinski definition) is 0. The van der Waals surface area contributed by atoms with Gasteiger partial charge < -0.3 is 4.74 Å². The fourth-order valence-electron chi connectivity index (χ4n) is 1.70. The van der Waals surface area contributed by atoms with Gasteiger partial charge in [0.2, 0.25) is 9.84 Å². The second-order valence-electron chi connectivity index (χ2n) is 4.00. The third kappa shape index (κ3) is 2.59. The number of hydrogen-bond acceptors (Lipinski definition) is 5. The smallest absolute Gasteiger partial charge is 0.348 e. The largest absolute Gasteiger partial charge is 0.465 e. The maximum absolute atomic E-state index is 12.5. The molecule has 20 heavy (non-hydrogen) atoms. The molecule has 0 amide bonds. The molecule has 0 aliphatic heterocycles. The maximum Gasteiger partial charge on any atom is 0.348 e. The van der Waals surface area contributed by atoms with Gasteiger partial charge in [0.05, 0.1) is 16.9 Å². The number of rotatable bonds is 3. The Kier molecular flexibility index (Phi) is 4.17. The van der Waals surface area contributed by atoms with Gasteiger partial charge in [-0.15, -0.1) is 11.3 Å². The number of halogens is 1. The number of esters is 1. The minimum atomic E-state index is -3.66. The van der Waals surface area contributed by atoms with Crippen LogP contribution in [-0.2, 0) is 14.6 Å². The van der Waals surface area contributed by atoms with Gasteiger partial charge >= 0.3 is 5.97 Å². The highest BCUT2D eigenvalue weighted by atomic mass is 35.5.